The first-order valence-electron chi connectivity index (χ1n) is 11.0. The largest absolute Gasteiger partial charge is 0.480 e. The molecule has 1 aliphatic rings. The van der Waals surface area contributed by atoms with Crippen LogP contribution in [0.25, 0.3) is 0 Å². The van der Waals surface area contributed by atoms with Crippen LogP contribution < -0.4 is 10.6 Å². The normalized spacial score (nSPS) is 16.5. The maximum absolute atomic E-state index is 12.6. The number of Topliss-reactive ketones (excluding diaryl/α,β-unsaturated/α-hetero) is 1. The van der Waals surface area contributed by atoms with Crippen LogP contribution in [-0.2, 0) is 9.59 Å². The Morgan fingerprint density at radius 2 is 1.68 bits per heavy atom. The van der Waals surface area contributed by atoms with Gasteiger partial charge < -0.3 is 15.7 Å². The van der Waals surface area contributed by atoms with E-state index in [1.54, 1.807) is 38.1 Å². The third-order valence-electron chi connectivity index (χ3n) is 6.21. The van der Waals surface area contributed by atoms with Gasteiger partial charge in [-0.1, -0.05) is 49.2 Å². The van der Waals surface area contributed by atoms with Crippen molar-refractivity contribution in [3.63, 3.8) is 0 Å². The molecule has 0 bridgehead atoms. The van der Waals surface area contributed by atoms with E-state index < -0.39 is 23.3 Å². The van der Waals surface area contributed by atoms with Gasteiger partial charge in [0, 0.05) is 35.3 Å². The summed E-state index contributed by atoms with van der Waals surface area (Å²) in [5, 5.41) is 16.2. The second kappa shape index (κ2) is 10.2. The van der Waals surface area contributed by atoms with Crippen LogP contribution >= 0.6 is 23.2 Å². The van der Waals surface area contributed by atoms with Crippen molar-refractivity contribution in [3.05, 3.63) is 69.1 Å². The number of amides is 1. The fourth-order valence-corrected chi connectivity index (χ4v) is 4.85. The molecule has 0 radical (unpaired) electrons. The monoisotopic (exact) mass is 503 g/mol. The van der Waals surface area contributed by atoms with E-state index in [2.05, 4.69) is 15.6 Å². The van der Waals surface area contributed by atoms with Gasteiger partial charge in [0.05, 0.1) is 21.0 Å². The quantitative estimate of drug-likeness (QED) is 0.419. The van der Waals surface area contributed by atoms with E-state index in [4.69, 9.17) is 23.2 Å². The molecular weight excluding hydrogens is 477 g/mol. The minimum atomic E-state index is -0.996. The summed E-state index contributed by atoms with van der Waals surface area (Å²) in [6, 6.07) is 6.05. The summed E-state index contributed by atoms with van der Waals surface area (Å²) >= 11 is 12.1. The molecular formula is C25H27Cl2N3O4. The predicted molar refractivity (Wildman–Crippen MR) is 132 cm³/mol. The SMILES string of the molecule is CCC1=C(N[C@H](C(=O)O)C(CC)c2ccc(NC(=O)c3c(Cl)cncc3Cl)cc2)C(C)(C)C1=O. The van der Waals surface area contributed by atoms with Gasteiger partial charge in [-0.25, -0.2) is 4.79 Å². The Kier molecular flexibility index (Phi) is 7.68. The minimum Gasteiger partial charge on any atom is -0.480 e. The lowest BCUT2D eigenvalue weighted by Gasteiger charge is -2.41. The molecule has 9 heteroatoms. The van der Waals surface area contributed by atoms with E-state index in [1.165, 1.54) is 12.4 Å². The van der Waals surface area contributed by atoms with Crippen LogP contribution in [0.1, 0.15) is 62.4 Å². The highest BCUT2D eigenvalue weighted by Gasteiger charge is 2.47. The number of aliphatic carboxylic acids is 1. The molecule has 0 aliphatic heterocycles. The zero-order chi connectivity index (χ0) is 25.2. The lowest BCUT2D eigenvalue weighted by atomic mass is 9.67. The van der Waals surface area contributed by atoms with Gasteiger partial charge in [0.1, 0.15) is 6.04 Å². The fourth-order valence-electron chi connectivity index (χ4n) is 4.31. The average molecular weight is 504 g/mol. The Morgan fingerprint density at radius 1 is 1.09 bits per heavy atom. The van der Waals surface area contributed by atoms with Gasteiger partial charge in [0.2, 0.25) is 0 Å². The number of carboxylic acid groups (broad SMARTS) is 1. The van der Waals surface area contributed by atoms with Crippen LogP contribution in [0.3, 0.4) is 0 Å². The molecule has 1 aromatic heterocycles. The number of aromatic nitrogens is 1. The van der Waals surface area contributed by atoms with Crippen molar-refractivity contribution in [1.82, 2.24) is 10.3 Å². The number of carbonyl (C=O) groups excluding carboxylic acids is 2. The van der Waals surface area contributed by atoms with Crippen LogP contribution in [0, 0.1) is 5.41 Å². The maximum atomic E-state index is 12.6. The molecule has 1 aromatic carbocycles. The Morgan fingerprint density at radius 3 is 2.18 bits per heavy atom. The Labute approximate surface area is 208 Å². The average Bonchev–Trinajstić information content (AvgIpc) is 2.78. The first-order chi connectivity index (χ1) is 16.0. The van der Waals surface area contributed by atoms with E-state index in [1.807, 2.05) is 13.8 Å². The van der Waals surface area contributed by atoms with E-state index in [9.17, 15) is 19.5 Å². The second-order valence-electron chi connectivity index (χ2n) is 8.69. The van der Waals surface area contributed by atoms with Gasteiger partial charge in [-0.15, -0.1) is 0 Å². The summed E-state index contributed by atoms with van der Waals surface area (Å²) < 4.78 is 0. The number of ketones is 1. The summed E-state index contributed by atoms with van der Waals surface area (Å²) in [6.07, 6.45) is 3.79. The number of nitrogens with one attached hydrogen (secondary N) is 2. The molecule has 180 valence electrons. The summed E-state index contributed by atoms with van der Waals surface area (Å²) in [6.45, 7) is 7.40. The van der Waals surface area contributed by atoms with Crippen molar-refractivity contribution in [2.24, 2.45) is 5.41 Å². The van der Waals surface area contributed by atoms with Gasteiger partial charge in [-0.05, 0) is 44.4 Å². The van der Waals surface area contributed by atoms with E-state index in [-0.39, 0.29) is 27.3 Å². The third kappa shape index (κ3) is 4.81. The lowest BCUT2D eigenvalue weighted by molar-refractivity contribution is -0.140. The molecule has 2 aromatic rings. The Bertz CT molecular complexity index is 1140. The zero-order valence-electron chi connectivity index (χ0n) is 19.4. The number of hydrogen-bond donors (Lipinski definition) is 3. The van der Waals surface area contributed by atoms with Crippen molar-refractivity contribution in [2.45, 2.75) is 52.5 Å². The van der Waals surface area contributed by atoms with Gasteiger partial charge in [-0.3, -0.25) is 14.6 Å². The van der Waals surface area contributed by atoms with Crippen molar-refractivity contribution >= 4 is 46.5 Å². The number of halogens is 2. The number of rotatable bonds is 9. The summed E-state index contributed by atoms with van der Waals surface area (Å²) in [4.78, 5) is 41.0. The lowest BCUT2D eigenvalue weighted by Crippen LogP contribution is -2.52. The molecule has 0 saturated heterocycles. The fraction of sp³-hybridized carbons (Fsp3) is 0.360. The number of benzene rings is 1. The maximum Gasteiger partial charge on any atom is 0.326 e. The van der Waals surface area contributed by atoms with Crippen LogP contribution in [-0.4, -0.2) is 33.8 Å². The zero-order valence-corrected chi connectivity index (χ0v) is 20.9. The van der Waals surface area contributed by atoms with Crippen molar-refractivity contribution < 1.29 is 19.5 Å². The topological polar surface area (TPSA) is 108 Å². The van der Waals surface area contributed by atoms with E-state index >= 15 is 0 Å². The van der Waals surface area contributed by atoms with Crippen LogP contribution in [0.15, 0.2) is 47.9 Å². The van der Waals surface area contributed by atoms with Crippen molar-refractivity contribution in [2.75, 3.05) is 5.32 Å². The van der Waals surface area contributed by atoms with Gasteiger partial charge in [-0.2, -0.15) is 0 Å². The van der Waals surface area contributed by atoms with Gasteiger partial charge >= 0.3 is 5.97 Å². The molecule has 0 spiro atoms. The molecule has 0 saturated carbocycles. The highest BCUT2D eigenvalue weighted by molar-refractivity contribution is 6.40. The highest BCUT2D eigenvalue weighted by atomic mass is 35.5. The molecule has 2 atom stereocenters. The summed E-state index contributed by atoms with van der Waals surface area (Å²) in [5.74, 6) is -1.78. The number of allylic oxidation sites excluding steroid dienone is 2. The summed E-state index contributed by atoms with van der Waals surface area (Å²) in [7, 11) is 0. The minimum absolute atomic E-state index is 0.0455. The molecule has 1 amide bonds. The van der Waals surface area contributed by atoms with Crippen molar-refractivity contribution in [1.29, 1.82) is 0 Å². The van der Waals surface area contributed by atoms with Gasteiger partial charge in [0.25, 0.3) is 5.91 Å². The smallest absolute Gasteiger partial charge is 0.326 e. The molecule has 3 rings (SSSR count). The molecule has 3 N–H and O–H groups in total. The molecule has 1 unspecified atom stereocenters. The van der Waals surface area contributed by atoms with Crippen LogP contribution in [0.5, 0.6) is 0 Å². The number of carboxylic acids is 1. The first kappa shape index (κ1) is 25.7. The number of nitrogens with zero attached hydrogens (tertiary/aromatic N) is 1. The molecule has 0 fully saturated rings. The van der Waals surface area contributed by atoms with E-state index in [0.29, 0.717) is 29.8 Å². The summed E-state index contributed by atoms with van der Waals surface area (Å²) in [5.41, 5.74) is 2.05. The standard InChI is InChI=1S/C25H27Cl2N3O4/c1-5-15(20(24(33)34)30-21-16(6-2)22(31)25(21,3)4)13-7-9-14(10-8-13)29-23(32)19-17(26)11-28-12-18(19)27/h7-12,15,20,30H,5-6H2,1-4H3,(H,29,32)(H,33,34)/t15?,20-/m0/s1. The number of pyridine rings is 1. The molecule has 1 aliphatic carbocycles. The van der Waals surface area contributed by atoms with Crippen molar-refractivity contribution in [3.8, 4) is 0 Å². The first-order valence-corrected chi connectivity index (χ1v) is 11.8. The predicted octanol–water partition coefficient (Wildman–Crippen LogP) is 5.45. The highest BCUT2D eigenvalue weighted by Crippen LogP contribution is 2.43. The Hall–Kier alpha value is -2.90. The number of anilines is 1. The van der Waals surface area contributed by atoms with Crippen LogP contribution in [0.4, 0.5) is 5.69 Å². The Balaban J connectivity index is 1.82. The second-order valence-corrected chi connectivity index (χ2v) is 9.50. The number of hydrogen-bond acceptors (Lipinski definition) is 5. The third-order valence-corrected chi connectivity index (χ3v) is 6.78. The van der Waals surface area contributed by atoms with E-state index in [0.717, 1.165) is 5.56 Å². The van der Waals surface area contributed by atoms with Crippen LogP contribution in [0.2, 0.25) is 10.0 Å². The molecule has 34 heavy (non-hydrogen) atoms. The number of carbonyl (C=O) groups is 3. The van der Waals surface area contributed by atoms with Gasteiger partial charge in [0.15, 0.2) is 5.78 Å². The molecule has 7 nitrogen and oxygen atoms in total. The molecule has 1 heterocycles.